The van der Waals surface area contributed by atoms with E-state index in [1.54, 1.807) is 6.07 Å². The first-order chi connectivity index (χ1) is 7.91. The van der Waals surface area contributed by atoms with Gasteiger partial charge in [0.25, 0.3) is 0 Å². The zero-order valence-corrected chi connectivity index (χ0v) is 11.5. The molecular weight excluding hydrogens is 365 g/mol. The predicted molar refractivity (Wildman–Crippen MR) is 63.4 cm³/mol. The van der Waals surface area contributed by atoms with Crippen molar-refractivity contribution in [1.82, 2.24) is 0 Å². The zero-order valence-electron chi connectivity index (χ0n) is 8.34. The average Bonchev–Trinajstić information content (AvgIpc) is 2.76. The normalized spacial score (nSPS) is 35.1. The van der Waals surface area contributed by atoms with Crippen LogP contribution < -0.4 is 0 Å². The van der Waals surface area contributed by atoms with Gasteiger partial charge in [-0.3, -0.25) is 0 Å². The minimum absolute atomic E-state index is 0.0171. The van der Waals surface area contributed by atoms with Gasteiger partial charge >= 0.3 is 6.18 Å². The summed E-state index contributed by atoms with van der Waals surface area (Å²) in [5.41, 5.74) is 0.372. The Balaban J connectivity index is 2.19. The maximum Gasteiger partial charge on any atom is 0.416 e. The molecule has 0 radical (unpaired) electrons. The molecule has 1 fully saturated rings. The molecule has 0 aromatic heterocycles. The highest BCUT2D eigenvalue weighted by molar-refractivity contribution is 9.12. The molecule has 0 amide bonds. The average molecular weight is 372 g/mol. The molecule has 2 bridgehead atoms. The van der Waals surface area contributed by atoms with Gasteiger partial charge in [0, 0.05) is 0 Å². The van der Waals surface area contributed by atoms with Crippen molar-refractivity contribution >= 4 is 31.9 Å². The summed E-state index contributed by atoms with van der Waals surface area (Å²) in [4.78, 5) is -0.105. The zero-order chi connectivity index (χ0) is 12.4. The van der Waals surface area contributed by atoms with Gasteiger partial charge in [0.1, 0.15) is 0 Å². The summed E-state index contributed by atoms with van der Waals surface area (Å²) < 4.78 is 44.3. The second kappa shape index (κ2) is 3.71. The lowest BCUT2D eigenvalue weighted by Gasteiger charge is -2.24. The lowest BCUT2D eigenvalue weighted by atomic mass is 9.88. The van der Waals surface area contributed by atoms with Crippen molar-refractivity contribution in [2.75, 3.05) is 0 Å². The first-order valence-electron chi connectivity index (χ1n) is 5.05. The highest BCUT2D eigenvalue weighted by Gasteiger charge is 2.53. The highest BCUT2D eigenvalue weighted by Crippen LogP contribution is 2.58. The standard InChI is InChI=1S/C11H7Br2F3O/c12-7-8(13)10-6-4(9(7)17-10)2-1-3-5(6)11(14,15)16/h1-3,7-10H/t7-,8+,9+,10-/m0/s1. The topological polar surface area (TPSA) is 9.23 Å². The van der Waals surface area contributed by atoms with Gasteiger partial charge in [-0.1, -0.05) is 44.0 Å². The third-order valence-electron chi connectivity index (χ3n) is 3.21. The first-order valence-corrected chi connectivity index (χ1v) is 6.88. The fourth-order valence-electron chi connectivity index (χ4n) is 2.51. The molecule has 1 aromatic carbocycles. The Kier molecular flexibility index (Phi) is 2.62. The first kappa shape index (κ1) is 12.0. The van der Waals surface area contributed by atoms with Gasteiger partial charge in [-0.15, -0.1) is 0 Å². The lowest BCUT2D eigenvalue weighted by molar-refractivity contribution is -0.138. The molecule has 0 spiro atoms. The molecule has 3 rings (SSSR count). The van der Waals surface area contributed by atoms with Crippen LogP contribution in [0.5, 0.6) is 0 Å². The molecule has 2 aliphatic heterocycles. The number of hydrogen-bond acceptors (Lipinski definition) is 1. The maximum absolute atomic E-state index is 12.9. The second-order valence-corrected chi connectivity index (χ2v) is 6.29. The molecule has 6 heteroatoms. The molecular formula is C11H7Br2F3O. The summed E-state index contributed by atoms with van der Waals surface area (Å²) >= 11 is 6.84. The van der Waals surface area contributed by atoms with Gasteiger partial charge in [-0.2, -0.15) is 13.2 Å². The van der Waals surface area contributed by atoms with Crippen LogP contribution in [-0.2, 0) is 10.9 Å². The maximum atomic E-state index is 12.9. The fourth-order valence-corrected chi connectivity index (χ4v) is 3.86. The molecule has 4 atom stereocenters. The molecule has 2 aliphatic rings. The Hall–Kier alpha value is -0.0700. The Bertz CT molecular complexity index is 474. The van der Waals surface area contributed by atoms with Gasteiger partial charge < -0.3 is 4.74 Å². The third-order valence-corrected chi connectivity index (χ3v) is 6.02. The van der Waals surface area contributed by atoms with Crippen molar-refractivity contribution in [2.24, 2.45) is 0 Å². The lowest BCUT2D eigenvalue weighted by Crippen LogP contribution is -2.24. The minimum Gasteiger partial charge on any atom is -0.363 e. The smallest absolute Gasteiger partial charge is 0.363 e. The molecule has 1 nitrogen and oxygen atoms in total. The molecule has 1 saturated heterocycles. The highest BCUT2D eigenvalue weighted by atomic mass is 79.9. The molecule has 0 aliphatic carbocycles. The van der Waals surface area contributed by atoms with Crippen LogP contribution in [0, 0.1) is 0 Å². The van der Waals surface area contributed by atoms with Crippen molar-refractivity contribution in [2.45, 2.75) is 28.0 Å². The monoisotopic (exact) mass is 370 g/mol. The summed E-state index contributed by atoms with van der Waals surface area (Å²) in [6.45, 7) is 0. The van der Waals surface area contributed by atoms with Crippen LogP contribution in [0.2, 0.25) is 0 Å². The molecule has 1 aromatic rings. The van der Waals surface area contributed by atoms with Crippen LogP contribution in [-0.4, -0.2) is 9.65 Å². The van der Waals surface area contributed by atoms with Crippen LogP contribution in [0.3, 0.4) is 0 Å². The van der Waals surface area contributed by atoms with E-state index >= 15 is 0 Å². The van der Waals surface area contributed by atoms with Gasteiger partial charge in [0.05, 0.1) is 27.4 Å². The van der Waals surface area contributed by atoms with Crippen molar-refractivity contribution in [3.63, 3.8) is 0 Å². The summed E-state index contributed by atoms with van der Waals surface area (Å²) in [6, 6.07) is 4.27. The molecule has 0 N–H and O–H groups in total. The van der Waals surface area contributed by atoms with Crippen molar-refractivity contribution in [1.29, 1.82) is 0 Å². The van der Waals surface area contributed by atoms with Crippen LogP contribution in [0.4, 0.5) is 13.2 Å². The summed E-state index contributed by atoms with van der Waals surface area (Å²) in [6.07, 6.45) is -5.13. The van der Waals surface area contributed by atoms with Gasteiger partial charge in [-0.05, 0) is 17.2 Å². The van der Waals surface area contributed by atoms with E-state index in [2.05, 4.69) is 31.9 Å². The molecule has 2 heterocycles. The van der Waals surface area contributed by atoms with E-state index in [-0.39, 0.29) is 15.8 Å². The summed E-state index contributed by atoms with van der Waals surface area (Å²) in [5, 5.41) is 0. The van der Waals surface area contributed by atoms with Crippen LogP contribution >= 0.6 is 31.9 Å². The molecule has 92 valence electrons. The number of fused-ring (bicyclic) bond motifs is 5. The third kappa shape index (κ3) is 1.60. The quantitative estimate of drug-likeness (QED) is 0.616. The van der Waals surface area contributed by atoms with Crippen LogP contribution in [0.15, 0.2) is 18.2 Å². The van der Waals surface area contributed by atoms with E-state index in [4.69, 9.17) is 4.74 Å². The number of benzene rings is 1. The van der Waals surface area contributed by atoms with E-state index in [1.165, 1.54) is 6.07 Å². The number of hydrogen-bond donors (Lipinski definition) is 0. The number of ether oxygens (including phenoxy) is 1. The largest absolute Gasteiger partial charge is 0.416 e. The van der Waals surface area contributed by atoms with Gasteiger partial charge in [0.2, 0.25) is 0 Å². The Morgan fingerprint density at radius 1 is 1.06 bits per heavy atom. The molecule has 17 heavy (non-hydrogen) atoms. The second-order valence-electron chi connectivity index (χ2n) is 4.17. The predicted octanol–water partition coefficient (Wildman–Crippen LogP) is 4.36. The Morgan fingerprint density at radius 2 is 1.71 bits per heavy atom. The van der Waals surface area contributed by atoms with Gasteiger partial charge in [0.15, 0.2) is 0 Å². The number of halogens is 5. The number of rotatable bonds is 0. The Morgan fingerprint density at radius 3 is 2.35 bits per heavy atom. The van der Waals surface area contributed by atoms with E-state index in [1.807, 2.05) is 0 Å². The van der Waals surface area contributed by atoms with E-state index < -0.39 is 17.8 Å². The van der Waals surface area contributed by atoms with E-state index in [0.29, 0.717) is 11.1 Å². The number of alkyl halides is 5. The summed E-state index contributed by atoms with van der Waals surface area (Å²) in [7, 11) is 0. The van der Waals surface area contributed by atoms with Crippen LogP contribution in [0.25, 0.3) is 0 Å². The minimum atomic E-state index is -4.33. The summed E-state index contributed by atoms with van der Waals surface area (Å²) in [5.74, 6) is 0. The Labute approximate surface area is 113 Å². The SMILES string of the molecule is FC(F)(F)c1cccc2c1[C@@H]1O[C@H]2[C@@H](Br)[C@H]1Br. The van der Waals surface area contributed by atoms with E-state index in [9.17, 15) is 13.2 Å². The van der Waals surface area contributed by atoms with Gasteiger partial charge in [-0.25, -0.2) is 0 Å². The van der Waals surface area contributed by atoms with Crippen molar-refractivity contribution < 1.29 is 17.9 Å². The van der Waals surface area contributed by atoms with Crippen molar-refractivity contribution in [3.05, 3.63) is 34.9 Å². The van der Waals surface area contributed by atoms with Crippen LogP contribution in [0.1, 0.15) is 28.9 Å². The van der Waals surface area contributed by atoms with E-state index in [0.717, 1.165) is 6.07 Å². The van der Waals surface area contributed by atoms with Crippen molar-refractivity contribution in [3.8, 4) is 0 Å². The molecule has 0 unspecified atom stereocenters. The molecule has 0 saturated carbocycles. The fraction of sp³-hybridized carbons (Fsp3) is 0.455.